The molecular weight excluding hydrogens is 286 g/mol. The molecular formula is C15H21N3S2. The Morgan fingerprint density at radius 2 is 2.10 bits per heavy atom. The van der Waals surface area contributed by atoms with E-state index in [2.05, 4.69) is 26.1 Å². The van der Waals surface area contributed by atoms with E-state index in [4.69, 9.17) is 9.97 Å². The monoisotopic (exact) mass is 307 g/mol. The first-order valence-electron chi connectivity index (χ1n) is 7.33. The van der Waals surface area contributed by atoms with Gasteiger partial charge in [0, 0.05) is 11.4 Å². The van der Waals surface area contributed by atoms with Crippen molar-refractivity contribution >= 4 is 39.1 Å². The Labute approximate surface area is 128 Å². The van der Waals surface area contributed by atoms with E-state index < -0.39 is 0 Å². The number of hydrogen-bond acceptors (Lipinski definition) is 5. The Morgan fingerprint density at radius 1 is 1.25 bits per heavy atom. The second kappa shape index (κ2) is 5.90. The van der Waals surface area contributed by atoms with Gasteiger partial charge in [-0.15, -0.1) is 11.3 Å². The Bertz CT molecular complexity index is 615. The number of nitrogens with one attached hydrogen (secondary N) is 1. The van der Waals surface area contributed by atoms with Gasteiger partial charge in [0.25, 0.3) is 0 Å². The molecule has 0 radical (unpaired) electrons. The smallest absolute Gasteiger partial charge is 0.145 e. The zero-order chi connectivity index (χ0) is 14.1. The lowest BCUT2D eigenvalue weighted by atomic mass is 10.1. The largest absolute Gasteiger partial charge is 0.370 e. The number of fused-ring (bicyclic) bond motifs is 1. The molecule has 0 saturated carbocycles. The molecule has 1 unspecified atom stereocenters. The molecule has 0 spiro atoms. The lowest BCUT2D eigenvalue weighted by molar-refractivity contribution is 0.665. The summed E-state index contributed by atoms with van der Waals surface area (Å²) in [6, 6.07) is 0. The number of aromatic nitrogens is 2. The summed E-state index contributed by atoms with van der Waals surface area (Å²) in [5.41, 5.74) is 1.32. The third-order valence-electron chi connectivity index (χ3n) is 3.86. The van der Waals surface area contributed by atoms with Gasteiger partial charge in [-0.25, -0.2) is 9.97 Å². The van der Waals surface area contributed by atoms with Crippen molar-refractivity contribution in [3.05, 3.63) is 16.3 Å². The average molecular weight is 307 g/mol. The molecule has 0 bridgehead atoms. The van der Waals surface area contributed by atoms with Gasteiger partial charge in [0.15, 0.2) is 0 Å². The van der Waals surface area contributed by atoms with E-state index in [0.29, 0.717) is 5.25 Å². The molecule has 1 N–H and O–H groups in total. The van der Waals surface area contributed by atoms with Crippen molar-refractivity contribution in [2.24, 2.45) is 0 Å². The van der Waals surface area contributed by atoms with E-state index >= 15 is 0 Å². The first-order valence-corrected chi connectivity index (χ1v) is 9.20. The van der Waals surface area contributed by atoms with Gasteiger partial charge < -0.3 is 5.32 Å². The minimum Gasteiger partial charge on any atom is -0.370 e. The standard InChI is InChI=1S/C15H21N3S2/c1-4-16-14-12-9(2)10(3)20-15(12)18-13(17-14)11-7-5-6-8-19-11/h11H,4-8H2,1-3H3,(H,16,17,18). The molecule has 2 aromatic rings. The molecule has 108 valence electrons. The number of rotatable bonds is 3. The summed E-state index contributed by atoms with van der Waals surface area (Å²) >= 11 is 3.81. The zero-order valence-electron chi connectivity index (χ0n) is 12.3. The third-order valence-corrected chi connectivity index (χ3v) is 6.33. The molecule has 1 aliphatic heterocycles. The lowest BCUT2D eigenvalue weighted by Gasteiger charge is -2.20. The van der Waals surface area contributed by atoms with E-state index in [1.807, 2.05) is 11.8 Å². The van der Waals surface area contributed by atoms with Crippen LogP contribution in [0.1, 0.15) is 47.7 Å². The molecule has 3 nitrogen and oxygen atoms in total. The van der Waals surface area contributed by atoms with E-state index in [1.165, 1.54) is 40.8 Å². The van der Waals surface area contributed by atoms with Crippen molar-refractivity contribution in [3.63, 3.8) is 0 Å². The normalized spacial score (nSPS) is 19.4. The molecule has 1 atom stereocenters. The number of thiophene rings is 1. The quantitative estimate of drug-likeness (QED) is 0.892. The van der Waals surface area contributed by atoms with Crippen molar-refractivity contribution in [2.75, 3.05) is 17.6 Å². The van der Waals surface area contributed by atoms with Gasteiger partial charge >= 0.3 is 0 Å². The fraction of sp³-hybridized carbons (Fsp3) is 0.600. The summed E-state index contributed by atoms with van der Waals surface area (Å²) in [5, 5.41) is 5.13. The Hall–Kier alpha value is -0.810. The van der Waals surface area contributed by atoms with E-state index in [-0.39, 0.29) is 0 Å². The van der Waals surface area contributed by atoms with E-state index in [1.54, 1.807) is 11.3 Å². The molecule has 3 rings (SSSR count). The predicted octanol–water partition coefficient (Wildman–Crippen LogP) is 4.70. The SMILES string of the molecule is CCNc1nc(C2CCCCS2)nc2sc(C)c(C)c12. The highest BCUT2D eigenvalue weighted by Crippen LogP contribution is 2.40. The second-order valence-electron chi connectivity index (χ2n) is 5.28. The Balaban J connectivity index is 2.10. The topological polar surface area (TPSA) is 37.8 Å². The van der Waals surface area contributed by atoms with Crippen LogP contribution in [0, 0.1) is 13.8 Å². The fourth-order valence-corrected chi connectivity index (χ4v) is 4.93. The fourth-order valence-electron chi connectivity index (χ4n) is 2.65. The van der Waals surface area contributed by atoms with Crippen LogP contribution in [0.3, 0.4) is 0 Å². The minimum atomic E-state index is 0.480. The summed E-state index contributed by atoms with van der Waals surface area (Å²) in [5.74, 6) is 3.30. The van der Waals surface area contributed by atoms with Crippen LogP contribution in [0.25, 0.3) is 10.2 Å². The minimum absolute atomic E-state index is 0.480. The predicted molar refractivity (Wildman–Crippen MR) is 90.1 cm³/mol. The molecule has 0 amide bonds. The maximum atomic E-state index is 4.87. The molecule has 1 saturated heterocycles. The molecule has 5 heteroatoms. The molecule has 0 aromatic carbocycles. The summed E-state index contributed by atoms with van der Waals surface area (Å²) in [7, 11) is 0. The van der Waals surface area contributed by atoms with Gasteiger partial charge in [0.1, 0.15) is 16.5 Å². The van der Waals surface area contributed by atoms with E-state index in [9.17, 15) is 0 Å². The highest BCUT2D eigenvalue weighted by atomic mass is 32.2. The van der Waals surface area contributed by atoms with Gasteiger partial charge in [0.2, 0.25) is 0 Å². The van der Waals surface area contributed by atoms with Gasteiger partial charge in [-0.1, -0.05) is 6.42 Å². The third kappa shape index (κ3) is 2.53. The van der Waals surface area contributed by atoms with Gasteiger partial charge in [0.05, 0.1) is 10.6 Å². The first kappa shape index (κ1) is 14.1. The van der Waals surface area contributed by atoms with Crippen molar-refractivity contribution in [3.8, 4) is 0 Å². The number of anilines is 1. The summed E-state index contributed by atoms with van der Waals surface area (Å²) in [6.07, 6.45) is 3.85. The molecule has 1 fully saturated rings. The summed E-state index contributed by atoms with van der Waals surface area (Å²) in [6.45, 7) is 7.37. The van der Waals surface area contributed by atoms with Crippen molar-refractivity contribution in [2.45, 2.75) is 45.3 Å². The van der Waals surface area contributed by atoms with Crippen molar-refractivity contribution < 1.29 is 0 Å². The highest BCUT2D eigenvalue weighted by molar-refractivity contribution is 7.99. The first-order chi connectivity index (χ1) is 9.70. The van der Waals surface area contributed by atoms with Crippen molar-refractivity contribution in [1.82, 2.24) is 9.97 Å². The van der Waals surface area contributed by atoms with Gasteiger partial charge in [-0.3, -0.25) is 0 Å². The van der Waals surface area contributed by atoms with Crippen LogP contribution in [0.2, 0.25) is 0 Å². The lowest BCUT2D eigenvalue weighted by Crippen LogP contribution is -2.09. The maximum Gasteiger partial charge on any atom is 0.145 e. The average Bonchev–Trinajstić information content (AvgIpc) is 2.75. The molecule has 1 aliphatic rings. The van der Waals surface area contributed by atoms with Crippen LogP contribution in [-0.4, -0.2) is 22.3 Å². The zero-order valence-corrected chi connectivity index (χ0v) is 14.0. The second-order valence-corrected chi connectivity index (χ2v) is 7.79. The van der Waals surface area contributed by atoms with Crippen LogP contribution >= 0.6 is 23.1 Å². The van der Waals surface area contributed by atoms with Crippen LogP contribution in [0.15, 0.2) is 0 Å². The maximum absolute atomic E-state index is 4.87. The number of thioether (sulfide) groups is 1. The van der Waals surface area contributed by atoms with Crippen molar-refractivity contribution in [1.29, 1.82) is 0 Å². The molecule has 0 aliphatic carbocycles. The van der Waals surface area contributed by atoms with Crippen LogP contribution in [0.4, 0.5) is 5.82 Å². The van der Waals surface area contributed by atoms with Gasteiger partial charge in [-0.2, -0.15) is 11.8 Å². The summed E-state index contributed by atoms with van der Waals surface area (Å²) < 4.78 is 0. The number of aryl methyl sites for hydroxylation is 2. The molecule has 3 heterocycles. The van der Waals surface area contributed by atoms with E-state index in [0.717, 1.165) is 23.0 Å². The van der Waals surface area contributed by atoms with Crippen LogP contribution in [0.5, 0.6) is 0 Å². The van der Waals surface area contributed by atoms with Gasteiger partial charge in [-0.05, 0) is 44.9 Å². The summed E-state index contributed by atoms with van der Waals surface area (Å²) in [4.78, 5) is 12.2. The Morgan fingerprint density at radius 3 is 2.80 bits per heavy atom. The Kier molecular flexibility index (Phi) is 4.17. The van der Waals surface area contributed by atoms with Crippen LogP contribution in [-0.2, 0) is 0 Å². The highest BCUT2D eigenvalue weighted by Gasteiger charge is 2.22. The molecule has 20 heavy (non-hydrogen) atoms. The molecule has 2 aromatic heterocycles. The number of hydrogen-bond donors (Lipinski definition) is 1. The van der Waals surface area contributed by atoms with Crippen LogP contribution < -0.4 is 5.32 Å². The number of nitrogens with zero attached hydrogens (tertiary/aromatic N) is 2.